The van der Waals surface area contributed by atoms with Crippen molar-refractivity contribution in [3.05, 3.63) is 17.2 Å². The molecule has 0 fully saturated rings. The van der Waals surface area contributed by atoms with Crippen molar-refractivity contribution in [2.45, 2.75) is 46.0 Å². The van der Waals surface area contributed by atoms with Gasteiger partial charge in [-0.2, -0.15) is 0 Å². The highest BCUT2D eigenvalue weighted by atomic mass is 16.4. The highest BCUT2D eigenvalue weighted by molar-refractivity contribution is 5.67. The monoisotopic (exact) mass is 210 g/mol. The van der Waals surface area contributed by atoms with Gasteiger partial charge in [-0.15, -0.1) is 0 Å². The first-order valence-electron chi connectivity index (χ1n) is 5.20. The van der Waals surface area contributed by atoms with Crippen LogP contribution in [0.1, 0.15) is 56.2 Å². The normalized spacial score (nSPS) is 13.1. The molecule has 0 aliphatic carbocycles. The fraction of sp³-hybridized carbons (Fsp3) is 0.636. The van der Waals surface area contributed by atoms with Crippen LogP contribution in [-0.2, 0) is 4.79 Å². The Morgan fingerprint density at radius 3 is 2.47 bits per heavy atom. The lowest BCUT2D eigenvalue weighted by Gasteiger charge is -2.04. The van der Waals surface area contributed by atoms with Gasteiger partial charge in [-0.3, -0.25) is 4.79 Å². The van der Waals surface area contributed by atoms with Crippen molar-refractivity contribution in [1.29, 1.82) is 0 Å². The third kappa shape index (κ3) is 2.81. The quantitative estimate of drug-likeness (QED) is 0.802. The summed E-state index contributed by atoms with van der Waals surface area (Å²) in [6.45, 7) is 8.00. The fourth-order valence-electron chi connectivity index (χ4n) is 1.65. The molecule has 1 unspecified atom stereocenters. The zero-order chi connectivity index (χ0) is 11.6. The highest BCUT2D eigenvalue weighted by Crippen LogP contribution is 2.22. The van der Waals surface area contributed by atoms with E-state index in [0.717, 1.165) is 17.2 Å². The topological polar surface area (TPSA) is 66.0 Å². The molecule has 2 N–H and O–H groups in total. The number of rotatable bonds is 4. The van der Waals surface area contributed by atoms with Crippen LogP contribution in [0.3, 0.4) is 0 Å². The Bertz CT molecular complexity index is 355. The second-order valence-electron chi connectivity index (χ2n) is 4.29. The van der Waals surface area contributed by atoms with Crippen molar-refractivity contribution in [2.24, 2.45) is 0 Å². The summed E-state index contributed by atoms with van der Waals surface area (Å²) in [6.07, 6.45) is 0.116. The van der Waals surface area contributed by atoms with Crippen LogP contribution in [0.2, 0.25) is 0 Å². The molecule has 4 heteroatoms. The van der Waals surface area contributed by atoms with Crippen LogP contribution in [0, 0.1) is 6.92 Å². The van der Waals surface area contributed by atoms with Crippen LogP contribution in [-0.4, -0.2) is 21.0 Å². The molecule has 1 heterocycles. The average molecular weight is 210 g/mol. The van der Waals surface area contributed by atoms with Gasteiger partial charge >= 0.3 is 5.97 Å². The number of H-pyrrole nitrogens is 1. The lowest BCUT2D eigenvalue weighted by molar-refractivity contribution is -0.137. The van der Waals surface area contributed by atoms with Gasteiger partial charge in [0.25, 0.3) is 0 Å². The molecule has 1 aromatic rings. The van der Waals surface area contributed by atoms with Gasteiger partial charge < -0.3 is 10.1 Å². The van der Waals surface area contributed by atoms with Crippen molar-refractivity contribution in [2.75, 3.05) is 0 Å². The van der Waals surface area contributed by atoms with E-state index in [4.69, 9.17) is 5.11 Å². The molecule has 0 aliphatic rings. The first-order valence-corrected chi connectivity index (χ1v) is 5.20. The van der Waals surface area contributed by atoms with Gasteiger partial charge in [0.15, 0.2) is 0 Å². The van der Waals surface area contributed by atoms with E-state index in [2.05, 4.69) is 23.8 Å². The third-order valence-electron chi connectivity index (χ3n) is 2.44. The Hall–Kier alpha value is -1.32. The van der Waals surface area contributed by atoms with Crippen molar-refractivity contribution in [3.63, 3.8) is 0 Å². The smallest absolute Gasteiger partial charge is 0.304 e. The number of nitrogens with zero attached hydrogens (tertiary/aromatic N) is 1. The zero-order valence-corrected chi connectivity index (χ0v) is 9.66. The van der Waals surface area contributed by atoms with Crippen LogP contribution >= 0.6 is 0 Å². The van der Waals surface area contributed by atoms with Gasteiger partial charge in [0, 0.05) is 11.6 Å². The van der Waals surface area contributed by atoms with Gasteiger partial charge in [-0.1, -0.05) is 20.8 Å². The van der Waals surface area contributed by atoms with Gasteiger partial charge in [-0.05, 0) is 12.8 Å². The summed E-state index contributed by atoms with van der Waals surface area (Å²) in [5.41, 5.74) is 2.07. The second kappa shape index (κ2) is 4.47. The minimum atomic E-state index is -0.789. The summed E-state index contributed by atoms with van der Waals surface area (Å²) in [5, 5.41) is 8.69. The Morgan fingerprint density at radius 2 is 2.07 bits per heavy atom. The summed E-state index contributed by atoms with van der Waals surface area (Å²) in [4.78, 5) is 18.2. The summed E-state index contributed by atoms with van der Waals surface area (Å²) in [5.74, 6) is 0.293. The van der Waals surface area contributed by atoms with Gasteiger partial charge in [0.1, 0.15) is 5.82 Å². The van der Waals surface area contributed by atoms with Crippen LogP contribution in [0.4, 0.5) is 0 Å². The molecular weight excluding hydrogens is 192 g/mol. The first kappa shape index (κ1) is 11.8. The number of hydrogen-bond acceptors (Lipinski definition) is 2. The predicted octanol–water partition coefficient (Wildman–Crippen LogP) is 2.42. The molecule has 0 aliphatic heterocycles. The molecule has 0 aromatic carbocycles. The van der Waals surface area contributed by atoms with E-state index in [1.165, 1.54) is 0 Å². The SMILES string of the molecule is Cc1[nH]c(C(C)CC(=O)O)nc1C(C)C. The lowest BCUT2D eigenvalue weighted by atomic mass is 10.1. The van der Waals surface area contributed by atoms with Gasteiger partial charge in [0.2, 0.25) is 0 Å². The van der Waals surface area contributed by atoms with Crippen molar-refractivity contribution >= 4 is 5.97 Å². The number of carboxylic acid groups (broad SMARTS) is 1. The molecule has 4 nitrogen and oxygen atoms in total. The van der Waals surface area contributed by atoms with Crippen LogP contribution < -0.4 is 0 Å². The molecule has 0 saturated carbocycles. The lowest BCUT2D eigenvalue weighted by Crippen LogP contribution is -2.04. The number of hydrogen-bond donors (Lipinski definition) is 2. The van der Waals surface area contributed by atoms with E-state index in [9.17, 15) is 4.79 Å². The predicted molar refractivity (Wildman–Crippen MR) is 58.1 cm³/mol. The molecule has 0 saturated heterocycles. The molecule has 15 heavy (non-hydrogen) atoms. The molecule has 0 spiro atoms. The third-order valence-corrected chi connectivity index (χ3v) is 2.44. The first-order chi connectivity index (χ1) is 6.91. The molecule has 1 aromatic heterocycles. The Kier molecular flexibility index (Phi) is 3.50. The number of aromatic nitrogens is 2. The fourth-order valence-corrected chi connectivity index (χ4v) is 1.65. The minimum Gasteiger partial charge on any atom is -0.481 e. The van der Waals surface area contributed by atoms with E-state index in [1.807, 2.05) is 13.8 Å². The van der Waals surface area contributed by atoms with Crippen molar-refractivity contribution < 1.29 is 9.90 Å². The Morgan fingerprint density at radius 1 is 1.47 bits per heavy atom. The minimum absolute atomic E-state index is 0.0614. The second-order valence-corrected chi connectivity index (χ2v) is 4.29. The van der Waals surface area contributed by atoms with E-state index < -0.39 is 5.97 Å². The molecule has 1 rings (SSSR count). The molecular formula is C11H18N2O2. The zero-order valence-electron chi connectivity index (χ0n) is 9.66. The largest absolute Gasteiger partial charge is 0.481 e. The summed E-state index contributed by atoms with van der Waals surface area (Å²) in [7, 11) is 0. The molecule has 0 radical (unpaired) electrons. The maximum Gasteiger partial charge on any atom is 0.304 e. The van der Waals surface area contributed by atoms with Crippen LogP contribution in [0.5, 0.6) is 0 Å². The maximum absolute atomic E-state index is 10.6. The van der Waals surface area contributed by atoms with E-state index in [-0.39, 0.29) is 12.3 Å². The van der Waals surface area contributed by atoms with Crippen LogP contribution in [0.25, 0.3) is 0 Å². The van der Waals surface area contributed by atoms with Crippen molar-refractivity contribution in [3.8, 4) is 0 Å². The number of aryl methyl sites for hydroxylation is 1. The highest BCUT2D eigenvalue weighted by Gasteiger charge is 2.16. The van der Waals surface area contributed by atoms with E-state index >= 15 is 0 Å². The Balaban J connectivity index is 2.87. The number of aliphatic carboxylic acids is 1. The van der Waals surface area contributed by atoms with E-state index in [0.29, 0.717) is 5.92 Å². The van der Waals surface area contributed by atoms with Gasteiger partial charge in [-0.25, -0.2) is 4.98 Å². The van der Waals surface area contributed by atoms with Crippen molar-refractivity contribution in [1.82, 2.24) is 9.97 Å². The maximum atomic E-state index is 10.6. The molecule has 1 atom stereocenters. The number of nitrogens with one attached hydrogen (secondary N) is 1. The van der Waals surface area contributed by atoms with Crippen LogP contribution in [0.15, 0.2) is 0 Å². The van der Waals surface area contributed by atoms with Gasteiger partial charge in [0.05, 0.1) is 12.1 Å². The number of aromatic amines is 1. The molecule has 0 amide bonds. The summed E-state index contributed by atoms with van der Waals surface area (Å²) < 4.78 is 0. The Labute approximate surface area is 89.7 Å². The molecule has 84 valence electrons. The number of carboxylic acids is 1. The average Bonchev–Trinajstić information content (AvgIpc) is 2.46. The standard InChI is InChI=1S/C11H18N2O2/c1-6(2)10-8(4)12-11(13-10)7(3)5-9(14)15/h6-7H,5H2,1-4H3,(H,12,13)(H,14,15). The number of imidazole rings is 1. The van der Waals surface area contributed by atoms with E-state index in [1.54, 1.807) is 0 Å². The number of carbonyl (C=O) groups is 1. The summed E-state index contributed by atoms with van der Waals surface area (Å²) >= 11 is 0. The molecule has 0 bridgehead atoms. The summed E-state index contributed by atoms with van der Waals surface area (Å²) in [6, 6.07) is 0.